The second kappa shape index (κ2) is 11.7. The van der Waals surface area contributed by atoms with E-state index in [4.69, 9.17) is 4.74 Å². The molecule has 2 N–H and O–H groups in total. The molecule has 0 aliphatic heterocycles. The van der Waals surface area contributed by atoms with Gasteiger partial charge in [-0.3, -0.25) is 9.59 Å². The van der Waals surface area contributed by atoms with Crippen molar-refractivity contribution in [1.82, 2.24) is 0 Å². The molecule has 0 aromatic heterocycles. The Balaban J connectivity index is 3.47. The van der Waals surface area contributed by atoms with E-state index in [9.17, 15) is 19.8 Å². The molecule has 0 amide bonds. The van der Waals surface area contributed by atoms with Crippen LogP contribution in [0.5, 0.6) is 5.75 Å². The Morgan fingerprint density at radius 2 is 1.50 bits per heavy atom. The van der Waals surface area contributed by atoms with Crippen LogP contribution in [-0.2, 0) is 9.59 Å². The van der Waals surface area contributed by atoms with Gasteiger partial charge in [0, 0.05) is 5.56 Å². The van der Waals surface area contributed by atoms with Crippen LogP contribution in [0.1, 0.15) is 89.7 Å². The summed E-state index contributed by atoms with van der Waals surface area (Å²) in [6.45, 7) is 10.5. The first-order valence-electron chi connectivity index (χ1n) is 10.4. The molecule has 158 valence electrons. The molecule has 2 unspecified atom stereocenters. The fourth-order valence-electron chi connectivity index (χ4n) is 3.54. The number of aliphatic carboxylic acids is 2. The van der Waals surface area contributed by atoms with Crippen molar-refractivity contribution in [3.05, 3.63) is 29.3 Å². The summed E-state index contributed by atoms with van der Waals surface area (Å²) in [5.74, 6) is -2.54. The fraction of sp³-hybridized carbons (Fsp3) is 0.652. The van der Waals surface area contributed by atoms with E-state index in [2.05, 4.69) is 6.92 Å². The molecule has 0 saturated carbocycles. The second-order valence-corrected chi connectivity index (χ2v) is 8.36. The van der Waals surface area contributed by atoms with Crippen LogP contribution < -0.4 is 4.74 Å². The van der Waals surface area contributed by atoms with Crippen molar-refractivity contribution in [1.29, 1.82) is 0 Å². The molecule has 0 aliphatic carbocycles. The maximum absolute atomic E-state index is 12.1. The Hall–Kier alpha value is -2.04. The molecular formula is C23H36O5. The molecule has 1 aromatic carbocycles. The SMILES string of the molecule is CCCCCOc1cccc(C(CC(C)C)C(=O)O)c1C(CC(C)C)C(=O)O. The molecule has 0 fully saturated rings. The Morgan fingerprint density at radius 1 is 0.929 bits per heavy atom. The van der Waals surface area contributed by atoms with Crippen LogP contribution in [-0.4, -0.2) is 28.8 Å². The van der Waals surface area contributed by atoms with Crippen LogP contribution in [0.4, 0.5) is 0 Å². The van der Waals surface area contributed by atoms with Crippen LogP contribution in [0, 0.1) is 11.8 Å². The lowest BCUT2D eigenvalue weighted by atomic mass is 9.80. The molecule has 0 heterocycles. The summed E-state index contributed by atoms with van der Waals surface area (Å²) in [5.41, 5.74) is 1.11. The zero-order valence-electron chi connectivity index (χ0n) is 17.9. The Bertz CT molecular complexity index is 636. The predicted octanol–water partition coefficient (Wildman–Crippen LogP) is 5.68. The molecule has 0 saturated heterocycles. The van der Waals surface area contributed by atoms with Crippen LogP contribution in [0.25, 0.3) is 0 Å². The van der Waals surface area contributed by atoms with Crippen molar-refractivity contribution in [3.8, 4) is 5.75 Å². The molecule has 5 nitrogen and oxygen atoms in total. The highest BCUT2D eigenvalue weighted by Crippen LogP contribution is 2.39. The van der Waals surface area contributed by atoms with E-state index in [-0.39, 0.29) is 11.8 Å². The van der Waals surface area contributed by atoms with E-state index in [0.717, 1.165) is 19.3 Å². The Kier molecular flexibility index (Phi) is 10.0. The lowest BCUT2D eigenvalue weighted by Gasteiger charge is -2.25. The number of carbonyl (C=O) groups is 2. The summed E-state index contributed by atoms with van der Waals surface area (Å²) in [6.07, 6.45) is 3.88. The zero-order chi connectivity index (χ0) is 21.3. The molecule has 0 bridgehead atoms. The molecule has 1 rings (SSSR count). The molecule has 2 atom stereocenters. The van der Waals surface area contributed by atoms with E-state index < -0.39 is 23.8 Å². The highest BCUT2D eigenvalue weighted by Gasteiger charge is 2.32. The Labute approximate surface area is 169 Å². The number of benzene rings is 1. The average molecular weight is 393 g/mol. The minimum absolute atomic E-state index is 0.162. The number of carboxylic acids is 2. The maximum atomic E-state index is 12.1. The fourth-order valence-corrected chi connectivity index (χ4v) is 3.54. The first-order valence-corrected chi connectivity index (χ1v) is 10.4. The second-order valence-electron chi connectivity index (χ2n) is 8.36. The number of carboxylic acid groups (broad SMARTS) is 2. The molecule has 0 spiro atoms. The van der Waals surface area contributed by atoms with Gasteiger partial charge in [-0.25, -0.2) is 0 Å². The zero-order valence-corrected chi connectivity index (χ0v) is 17.9. The third-order valence-corrected chi connectivity index (χ3v) is 4.84. The summed E-state index contributed by atoms with van der Waals surface area (Å²) in [6, 6.07) is 5.31. The predicted molar refractivity (Wildman–Crippen MR) is 111 cm³/mol. The Morgan fingerprint density at radius 3 is 2.00 bits per heavy atom. The molecule has 0 aliphatic rings. The van der Waals surface area contributed by atoms with Crippen molar-refractivity contribution in [2.75, 3.05) is 6.61 Å². The lowest BCUT2D eigenvalue weighted by Crippen LogP contribution is -2.22. The molecule has 5 heteroatoms. The van der Waals surface area contributed by atoms with Crippen molar-refractivity contribution >= 4 is 11.9 Å². The smallest absolute Gasteiger partial charge is 0.311 e. The molecular weight excluding hydrogens is 356 g/mol. The van der Waals surface area contributed by atoms with Crippen molar-refractivity contribution in [2.45, 2.75) is 78.6 Å². The number of rotatable bonds is 13. The quantitative estimate of drug-likeness (QED) is 0.422. The largest absolute Gasteiger partial charge is 0.493 e. The highest BCUT2D eigenvalue weighted by atomic mass is 16.5. The monoisotopic (exact) mass is 392 g/mol. The van der Waals surface area contributed by atoms with Gasteiger partial charge in [-0.05, 0) is 42.7 Å². The van der Waals surface area contributed by atoms with Crippen molar-refractivity contribution < 1.29 is 24.5 Å². The first-order chi connectivity index (χ1) is 13.2. The van der Waals surface area contributed by atoms with Gasteiger partial charge in [0.2, 0.25) is 0 Å². The standard InChI is InChI=1S/C23H36O5/c1-6-7-8-12-28-20-11-9-10-17(18(22(24)25)13-15(2)3)21(20)19(23(26)27)14-16(4)5/h9-11,15-16,18-19H,6-8,12-14H2,1-5H3,(H,24,25)(H,26,27). The summed E-state index contributed by atoms with van der Waals surface area (Å²) in [5, 5.41) is 19.8. The topological polar surface area (TPSA) is 83.8 Å². The van der Waals surface area contributed by atoms with E-state index in [1.807, 2.05) is 27.7 Å². The normalized spacial score (nSPS) is 13.5. The van der Waals surface area contributed by atoms with E-state index in [0.29, 0.717) is 36.3 Å². The summed E-state index contributed by atoms with van der Waals surface area (Å²) >= 11 is 0. The molecule has 0 radical (unpaired) electrons. The van der Waals surface area contributed by atoms with Gasteiger partial charge in [0.05, 0.1) is 18.4 Å². The van der Waals surface area contributed by atoms with Crippen LogP contribution in [0.2, 0.25) is 0 Å². The van der Waals surface area contributed by atoms with E-state index in [1.54, 1.807) is 18.2 Å². The van der Waals surface area contributed by atoms with Gasteiger partial charge >= 0.3 is 11.9 Å². The van der Waals surface area contributed by atoms with Gasteiger partial charge in [0.15, 0.2) is 0 Å². The summed E-state index contributed by atoms with van der Waals surface area (Å²) in [4.78, 5) is 24.2. The van der Waals surface area contributed by atoms with Gasteiger partial charge < -0.3 is 14.9 Å². The third kappa shape index (κ3) is 7.17. The van der Waals surface area contributed by atoms with Crippen LogP contribution in [0.3, 0.4) is 0 Å². The van der Waals surface area contributed by atoms with Crippen molar-refractivity contribution in [2.24, 2.45) is 11.8 Å². The summed E-state index contributed by atoms with van der Waals surface area (Å²) < 4.78 is 5.97. The number of hydrogen-bond donors (Lipinski definition) is 2. The summed E-state index contributed by atoms with van der Waals surface area (Å²) in [7, 11) is 0. The molecule has 1 aromatic rings. The first kappa shape index (κ1) is 24.0. The van der Waals surface area contributed by atoms with Gasteiger partial charge in [0.1, 0.15) is 5.75 Å². The van der Waals surface area contributed by atoms with Crippen LogP contribution >= 0.6 is 0 Å². The lowest BCUT2D eigenvalue weighted by molar-refractivity contribution is -0.140. The minimum Gasteiger partial charge on any atom is -0.493 e. The van der Waals surface area contributed by atoms with Gasteiger partial charge in [-0.15, -0.1) is 0 Å². The van der Waals surface area contributed by atoms with E-state index >= 15 is 0 Å². The highest BCUT2D eigenvalue weighted by molar-refractivity contribution is 5.82. The van der Waals surface area contributed by atoms with Gasteiger partial charge in [-0.1, -0.05) is 59.6 Å². The average Bonchev–Trinajstić information content (AvgIpc) is 2.60. The number of unbranched alkanes of at least 4 members (excludes halogenated alkanes) is 2. The number of hydrogen-bond acceptors (Lipinski definition) is 3. The number of ether oxygens (including phenoxy) is 1. The molecule has 28 heavy (non-hydrogen) atoms. The van der Waals surface area contributed by atoms with Crippen LogP contribution in [0.15, 0.2) is 18.2 Å². The minimum atomic E-state index is -0.937. The maximum Gasteiger partial charge on any atom is 0.311 e. The third-order valence-electron chi connectivity index (χ3n) is 4.84. The van der Waals surface area contributed by atoms with Gasteiger partial charge in [-0.2, -0.15) is 0 Å². The van der Waals surface area contributed by atoms with Gasteiger partial charge in [0.25, 0.3) is 0 Å². The van der Waals surface area contributed by atoms with E-state index in [1.165, 1.54) is 0 Å². The van der Waals surface area contributed by atoms with Crippen molar-refractivity contribution in [3.63, 3.8) is 0 Å².